The second-order valence-corrected chi connectivity index (χ2v) is 7.66. The molecule has 0 aliphatic carbocycles. The van der Waals surface area contributed by atoms with Crippen LogP contribution in [0.4, 0.5) is 14.5 Å². The zero-order valence-electron chi connectivity index (χ0n) is 16.5. The van der Waals surface area contributed by atoms with Crippen LogP contribution < -0.4 is 5.32 Å². The Morgan fingerprint density at radius 3 is 2.14 bits per heavy atom. The van der Waals surface area contributed by atoms with Crippen LogP contribution in [0.5, 0.6) is 0 Å². The Labute approximate surface area is 163 Å². The number of carbonyl (C=O) groups is 2. The fourth-order valence-corrected chi connectivity index (χ4v) is 2.57. The van der Waals surface area contributed by atoms with Gasteiger partial charge in [-0.3, -0.25) is 9.59 Å². The number of aryl methyl sites for hydroxylation is 1. The first kappa shape index (κ1) is 21.5. The molecule has 0 radical (unpaired) electrons. The van der Waals surface area contributed by atoms with Crippen LogP contribution in [0.1, 0.15) is 45.2 Å². The van der Waals surface area contributed by atoms with E-state index in [2.05, 4.69) is 26.1 Å². The van der Waals surface area contributed by atoms with Crippen LogP contribution >= 0.6 is 0 Å². The van der Waals surface area contributed by atoms with Gasteiger partial charge in [-0.05, 0) is 42.0 Å². The predicted molar refractivity (Wildman–Crippen MR) is 104 cm³/mol. The summed E-state index contributed by atoms with van der Waals surface area (Å²) < 4.78 is 32.2. The second kappa shape index (κ2) is 8.95. The lowest BCUT2D eigenvalue weighted by Gasteiger charge is -2.19. The van der Waals surface area contributed by atoms with E-state index in [1.807, 2.05) is 24.3 Å². The quantitative estimate of drug-likeness (QED) is 0.725. The fraction of sp³-hybridized carbons (Fsp3) is 0.364. The van der Waals surface area contributed by atoms with Crippen LogP contribution in [0.25, 0.3) is 0 Å². The Morgan fingerprint density at radius 1 is 1.04 bits per heavy atom. The number of halogens is 2. The third kappa shape index (κ3) is 5.87. The Bertz CT molecular complexity index is 822. The lowest BCUT2D eigenvalue weighted by Crippen LogP contribution is -2.30. The Kier molecular flexibility index (Phi) is 6.89. The Hall–Kier alpha value is -2.76. The second-order valence-electron chi connectivity index (χ2n) is 7.66. The van der Waals surface area contributed by atoms with Gasteiger partial charge in [0.05, 0.1) is 0 Å². The molecule has 0 fully saturated rings. The minimum atomic E-state index is -1.17. The minimum absolute atomic E-state index is 0.0535. The molecule has 1 N–H and O–H groups in total. The number of rotatable bonds is 6. The van der Waals surface area contributed by atoms with Gasteiger partial charge in [-0.1, -0.05) is 51.1 Å². The van der Waals surface area contributed by atoms with Gasteiger partial charge in [-0.2, -0.15) is 0 Å². The molecule has 6 heteroatoms. The van der Waals surface area contributed by atoms with Gasteiger partial charge in [0.25, 0.3) is 5.91 Å². The minimum Gasteiger partial charge on any atom is -0.453 e. The molecular formula is C22H25F2NO3. The van der Waals surface area contributed by atoms with Gasteiger partial charge in [-0.15, -0.1) is 0 Å². The zero-order valence-corrected chi connectivity index (χ0v) is 16.5. The van der Waals surface area contributed by atoms with Crippen LogP contribution in [0.3, 0.4) is 0 Å². The van der Waals surface area contributed by atoms with E-state index in [4.69, 9.17) is 4.74 Å². The smallest absolute Gasteiger partial charge is 0.306 e. The molecule has 0 bridgehead atoms. The van der Waals surface area contributed by atoms with Crippen molar-refractivity contribution in [1.29, 1.82) is 0 Å². The maximum atomic E-state index is 13.6. The van der Waals surface area contributed by atoms with Crippen molar-refractivity contribution in [2.75, 3.05) is 5.32 Å². The van der Waals surface area contributed by atoms with E-state index in [9.17, 15) is 18.4 Å². The van der Waals surface area contributed by atoms with Crippen LogP contribution in [-0.2, 0) is 26.2 Å². The van der Waals surface area contributed by atoms with E-state index >= 15 is 0 Å². The number of ether oxygens (including phenoxy) is 1. The molecule has 0 heterocycles. The largest absolute Gasteiger partial charge is 0.453 e. The number of carbonyl (C=O) groups excluding carboxylic acids is 2. The maximum Gasteiger partial charge on any atom is 0.306 e. The van der Waals surface area contributed by atoms with Gasteiger partial charge >= 0.3 is 5.97 Å². The standard InChI is InChI=1S/C22H25F2NO3/c1-14(21(27)25-20-17(23)6-5-7-18(20)24)28-19(26)13-10-15-8-11-16(12-9-15)22(2,3)4/h5-9,11-12,14H,10,13H2,1-4H3,(H,25,27)/t14-/m0/s1. The number of anilines is 1. The summed E-state index contributed by atoms with van der Waals surface area (Å²) in [7, 11) is 0. The molecule has 4 nitrogen and oxygen atoms in total. The fourth-order valence-electron chi connectivity index (χ4n) is 2.57. The molecule has 0 aromatic heterocycles. The summed E-state index contributed by atoms with van der Waals surface area (Å²) in [4.78, 5) is 24.0. The summed E-state index contributed by atoms with van der Waals surface area (Å²) >= 11 is 0. The first-order valence-electron chi connectivity index (χ1n) is 9.11. The average Bonchev–Trinajstić information content (AvgIpc) is 2.62. The monoisotopic (exact) mass is 389 g/mol. The van der Waals surface area contributed by atoms with E-state index in [0.717, 1.165) is 17.7 Å². The van der Waals surface area contributed by atoms with Crippen molar-refractivity contribution < 1.29 is 23.1 Å². The highest BCUT2D eigenvalue weighted by atomic mass is 19.1. The summed E-state index contributed by atoms with van der Waals surface area (Å²) in [5.41, 5.74) is 1.67. The number of hydrogen-bond acceptors (Lipinski definition) is 3. The maximum absolute atomic E-state index is 13.6. The summed E-state index contributed by atoms with van der Waals surface area (Å²) in [6, 6.07) is 11.2. The highest BCUT2D eigenvalue weighted by molar-refractivity contribution is 5.95. The van der Waals surface area contributed by atoms with E-state index in [0.29, 0.717) is 6.42 Å². The Balaban J connectivity index is 1.86. The Morgan fingerprint density at radius 2 is 1.61 bits per heavy atom. The van der Waals surface area contributed by atoms with Crippen molar-refractivity contribution in [2.24, 2.45) is 0 Å². The van der Waals surface area contributed by atoms with Gasteiger partial charge in [0.2, 0.25) is 0 Å². The molecule has 0 saturated heterocycles. The number of para-hydroxylation sites is 1. The average molecular weight is 389 g/mol. The topological polar surface area (TPSA) is 55.4 Å². The van der Waals surface area contributed by atoms with Crippen LogP contribution in [0.2, 0.25) is 0 Å². The SMILES string of the molecule is C[C@H](OC(=O)CCc1ccc(C(C)(C)C)cc1)C(=O)Nc1c(F)cccc1F. The number of esters is 1. The molecule has 2 aromatic carbocycles. The van der Waals surface area contributed by atoms with Crippen molar-refractivity contribution in [1.82, 2.24) is 0 Å². The lowest BCUT2D eigenvalue weighted by molar-refractivity contribution is -0.153. The molecule has 1 atom stereocenters. The van der Waals surface area contributed by atoms with E-state index in [-0.39, 0.29) is 11.8 Å². The van der Waals surface area contributed by atoms with Crippen LogP contribution in [0, 0.1) is 11.6 Å². The van der Waals surface area contributed by atoms with Crippen molar-refractivity contribution in [3.05, 3.63) is 65.2 Å². The molecule has 1 amide bonds. The van der Waals surface area contributed by atoms with Crippen molar-refractivity contribution >= 4 is 17.6 Å². The third-order valence-electron chi connectivity index (χ3n) is 4.33. The number of hydrogen-bond donors (Lipinski definition) is 1. The predicted octanol–water partition coefficient (Wildman–Crippen LogP) is 4.77. The molecule has 0 spiro atoms. The summed E-state index contributed by atoms with van der Waals surface area (Å²) in [5, 5.41) is 2.11. The molecule has 0 saturated carbocycles. The van der Waals surface area contributed by atoms with Gasteiger partial charge < -0.3 is 10.1 Å². The zero-order chi connectivity index (χ0) is 20.9. The lowest BCUT2D eigenvalue weighted by atomic mass is 9.86. The van der Waals surface area contributed by atoms with Gasteiger partial charge in [0, 0.05) is 6.42 Å². The first-order valence-corrected chi connectivity index (χ1v) is 9.11. The van der Waals surface area contributed by atoms with E-state index in [1.54, 1.807) is 0 Å². The number of amides is 1. The summed E-state index contributed by atoms with van der Waals surface area (Å²) in [6.45, 7) is 7.72. The van der Waals surface area contributed by atoms with Crippen molar-refractivity contribution in [2.45, 2.75) is 52.1 Å². The normalized spacial score (nSPS) is 12.4. The number of nitrogens with one attached hydrogen (secondary N) is 1. The molecule has 28 heavy (non-hydrogen) atoms. The van der Waals surface area contributed by atoms with Gasteiger partial charge in [0.1, 0.15) is 17.3 Å². The molecule has 2 rings (SSSR count). The van der Waals surface area contributed by atoms with Crippen LogP contribution in [-0.4, -0.2) is 18.0 Å². The van der Waals surface area contributed by atoms with Crippen LogP contribution in [0.15, 0.2) is 42.5 Å². The number of benzene rings is 2. The third-order valence-corrected chi connectivity index (χ3v) is 4.33. The van der Waals surface area contributed by atoms with Crippen molar-refractivity contribution in [3.8, 4) is 0 Å². The summed E-state index contributed by atoms with van der Waals surface area (Å²) in [6.07, 6.45) is -0.602. The van der Waals surface area contributed by atoms with Gasteiger partial charge in [-0.25, -0.2) is 8.78 Å². The first-order chi connectivity index (χ1) is 13.1. The van der Waals surface area contributed by atoms with Gasteiger partial charge in [0.15, 0.2) is 6.10 Å². The molecule has 0 aliphatic rings. The molecule has 0 aliphatic heterocycles. The highest BCUT2D eigenvalue weighted by Crippen LogP contribution is 2.22. The van der Waals surface area contributed by atoms with E-state index in [1.165, 1.54) is 18.6 Å². The van der Waals surface area contributed by atoms with E-state index < -0.39 is 35.3 Å². The molecule has 0 unspecified atom stereocenters. The molecule has 150 valence electrons. The summed E-state index contributed by atoms with van der Waals surface area (Å²) in [5.74, 6) is -3.15. The molecular weight excluding hydrogens is 364 g/mol. The molecule has 2 aromatic rings. The highest BCUT2D eigenvalue weighted by Gasteiger charge is 2.21. The van der Waals surface area contributed by atoms with Crippen molar-refractivity contribution in [3.63, 3.8) is 0 Å².